The van der Waals surface area contributed by atoms with E-state index in [9.17, 15) is 18.0 Å². The number of carbonyl (C=O) groups excluding carboxylic acids is 1. The van der Waals surface area contributed by atoms with Crippen LogP contribution in [0.5, 0.6) is 0 Å². The number of hydrogen-bond acceptors (Lipinski definition) is 3. The molecule has 0 radical (unpaired) electrons. The van der Waals surface area contributed by atoms with E-state index in [1.54, 1.807) is 0 Å². The quantitative estimate of drug-likeness (QED) is 0.805. The van der Waals surface area contributed by atoms with E-state index < -0.39 is 23.4 Å². The number of carbonyl (C=O) groups is 1. The summed E-state index contributed by atoms with van der Waals surface area (Å²) < 4.78 is 42.0. The molecule has 0 unspecified atom stereocenters. The molecule has 0 aliphatic rings. The summed E-state index contributed by atoms with van der Waals surface area (Å²) in [6.07, 6.45) is 0. The number of primary amides is 1. The fraction of sp³-hybridized carbons (Fsp3) is 0.133. The molecule has 2 heterocycles. The van der Waals surface area contributed by atoms with Crippen molar-refractivity contribution in [2.45, 2.75) is 13.5 Å². The molecule has 1 aromatic carbocycles. The molecule has 1 amide bonds. The van der Waals surface area contributed by atoms with E-state index >= 15 is 0 Å². The second-order valence-electron chi connectivity index (χ2n) is 5.01. The largest absolute Gasteiger partial charge is 0.364 e. The molecule has 8 heteroatoms. The molecular formula is C15H11F3N4O. The number of aromatic nitrogens is 3. The molecule has 0 saturated heterocycles. The molecular weight excluding hydrogens is 309 g/mol. The Morgan fingerprint density at radius 2 is 2.00 bits per heavy atom. The van der Waals surface area contributed by atoms with Gasteiger partial charge in [-0.05, 0) is 19.1 Å². The molecule has 3 rings (SSSR count). The molecule has 0 fully saturated rings. The minimum Gasteiger partial charge on any atom is -0.364 e. The summed E-state index contributed by atoms with van der Waals surface area (Å²) in [6.45, 7) is 1.27. The van der Waals surface area contributed by atoms with Crippen molar-refractivity contribution in [2.75, 3.05) is 0 Å². The summed E-state index contributed by atoms with van der Waals surface area (Å²) in [5, 5.41) is 4.08. The van der Waals surface area contributed by atoms with E-state index in [0.717, 1.165) is 12.1 Å². The van der Waals surface area contributed by atoms with Gasteiger partial charge in [-0.3, -0.25) is 4.79 Å². The van der Waals surface area contributed by atoms with Crippen LogP contribution in [0.2, 0.25) is 0 Å². The number of fused-ring (bicyclic) bond motifs is 1. The third-order valence-corrected chi connectivity index (χ3v) is 3.44. The Balaban J connectivity index is 2.19. The van der Waals surface area contributed by atoms with E-state index in [1.165, 1.54) is 23.7 Å². The van der Waals surface area contributed by atoms with E-state index in [0.29, 0.717) is 0 Å². The first-order chi connectivity index (χ1) is 10.9. The lowest BCUT2D eigenvalue weighted by Gasteiger charge is -2.05. The standard InChI is InChI=1S/C15H11F3N4O/c1-7-11(17)5-9-13(14(19)23)21-22(15(9)20-7)6-8-3-2-4-10(16)12(8)18/h2-5H,6H2,1H3,(H2,19,23). The van der Waals surface area contributed by atoms with Gasteiger partial charge in [0.2, 0.25) is 0 Å². The molecule has 5 nitrogen and oxygen atoms in total. The molecule has 2 aromatic heterocycles. The number of benzene rings is 1. The summed E-state index contributed by atoms with van der Waals surface area (Å²) in [5.41, 5.74) is 5.33. The van der Waals surface area contributed by atoms with Gasteiger partial charge in [0, 0.05) is 5.56 Å². The summed E-state index contributed by atoms with van der Waals surface area (Å²) in [5.74, 6) is -3.49. The Labute approximate surface area is 128 Å². The van der Waals surface area contributed by atoms with Gasteiger partial charge in [0.1, 0.15) is 5.82 Å². The topological polar surface area (TPSA) is 73.8 Å². The van der Waals surface area contributed by atoms with Crippen molar-refractivity contribution in [1.82, 2.24) is 14.8 Å². The van der Waals surface area contributed by atoms with Crippen LogP contribution in [-0.4, -0.2) is 20.7 Å². The fourth-order valence-electron chi connectivity index (χ4n) is 2.29. The Morgan fingerprint density at radius 3 is 2.70 bits per heavy atom. The van der Waals surface area contributed by atoms with Crippen molar-refractivity contribution < 1.29 is 18.0 Å². The fourth-order valence-corrected chi connectivity index (χ4v) is 2.29. The maximum Gasteiger partial charge on any atom is 0.269 e. The van der Waals surface area contributed by atoms with Crippen LogP contribution in [0, 0.1) is 24.4 Å². The minimum absolute atomic E-state index is 0.0224. The molecule has 2 N–H and O–H groups in total. The lowest BCUT2D eigenvalue weighted by Crippen LogP contribution is -2.13. The van der Waals surface area contributed by atoms with Gasteiger partial charge >= 0.3 is 0 Å². The minimum atomic E-state index is -1.02. The number of aryl methyl sites for hydroxylation is 1. The number of nitrogens with two attached hydrogens (primary N) is 1. The highest BCUT2D eigenvalue weighted by Crippen LogP contribution is 2.21. The van der Waals surface area contributed by atoms with Gasteiger partial charge in [0.25, 0.3) is 5.91 Å². The zero-order valence-corrected chi connectivity index (χ0v) is 12.0. The summed E-state index contributed by atoms with van der Waals surface area (Å²) in [7, 11) is 0. The Bertz CT molecular complexity index is 936. The van der Waals surface area contributed by atoms with Gasteiger partial charge in [0.15, 0.2) is 23.0 Å². The van der Waals surface area contributed by atoms with Crippen LogP contribution in [-0.2, 0) is 6.54 Å². The Kier molecular flexibility index (Phi) is 3.51. The molecule has 0 aliphatic carbocycles. The van der Waals surface area contributed by atoms with Crippen molar-refractivity contribution in [3.63, 3.8) is 0 Å². The van der Waals surface area contributed by atoms with Crippen LogP contribution in [0.1, 0.15) is 21.7 Å². The van der Waals surface area contributed by atoms with Crippen LogP contribution in [0.4, 0.5) is 13.2 Å². The molecule has 0 saturated carbocycles. The second-order valence-corrected chi connectivity index (χ2v) is 5.01. The summed E-state index contributed by atoms with van der Waals surface area (Å²) in [4.78, 5) is 15.5. The average Bonchev–Trinajstić information content (AvgIpc) is 2.83. The van der Waals surface area contributed by atoms with Crippen LogP contribution < -0.4 is 5.73 Å². The number of pyridine rings is 1. The first-order valence-electron chi connectivity index (χ1n) is 6.65. The first kappa shape index (κ1) is 15.0. The van der Waals surface area contributed by atoms with E-state index in [1.807, 2.05) is 0 Å². The van der Waals surface area contributed by atoms with E-state index in [-0.39, 0.29) is 34.5 Å². The van der Waals surface area contributed by atoms with Gasteiger partial charge in [-0.15, -0.1) is 0 Å². The number of nitrogens with zero attached hydrogens (tertiary/aromatic N) is 3. The van der Waals surface area contributed by atoms with Crippen molar-refractivity contribution in [2.24, 2.45) is 5.73 Å². The summed E-state index contributed by atoms with van der Waals surface area (Å²) >= 11 is 0. The maximum atomic E-state index is 13.8. The second kappa shape index (κ2) is 5.38. The highest BCUT2D eigenvalue weighted by Gasteiger charge is 2.19. The molecule has 0 atom stereocenters. The molecule has 3 aromatic rings. The highest BCUT2D eigenvalue weighted by molar-refractivity contribution is 6.03. The maximum absolute atomic E-state index is 13.8. The van der Waals surface area contributed by atoms with Gasteiger partial charge in [-0.1, -0.05) is 12.1 Å². The molecule has 0 aliphatic heterocycles. The lowest BCUT2D eigenvalue weighted by molar-refractivity contribution is 0.0996. The molecule has 118 valence electrons. The lowest BCUT2D eigenvalue weighted by atomic mass is 10.2. The highest BCUT2D eigenvalue weighted by atomic mass is 19.2. The predicted molar refractivity (Wildman–Crippen MR) is 76.2 cm³/mol. The van der Waals surface area contributed by atoms with Crippen molar-refractivity contribution in [1.29, 1.82) is 0 Å². The van der Waals surface area contributed by atoms with Crippen LogP contribution in [0.3, 0.4) is 0 Å². The van der Waals surface area contributed by atoms with Crippen molar-refractivity contribution in [3.8, 4) is 0 Å². The molecule has 0 bridgehead atoms. The van der Waals surface area contributed by atoms with Gasteiger partial charge in [-0.25, -0.2) is 22.8 Å². The third kappa shape index (κ3) is 2.52. The monoisotopic (exact) mass is 320 g/mol. The smallest absolute Gasteiger partial charge is 0.269 e. The van der Waals surface area contributed by atoms with Crippen LogP contribution >= 0.6 is 0 Å². The number of amides is 1. The van der Waals surface area contributed by atoms with Crippen molar-refractivity contribution >= 4 is 16.9 Å². The van der Waals surface area contributed by atoms with Crippen LogP contribution in [0.25, 0.3) is 11.0 Å². The zero-order chi connectivity index (χ0) is 16.7. The molecule has 0 spiro atoms. The van der Waals surface area contributed by atoms with E-state index in [4.69, 9.17) is 5.73 Å². The average molecular weight is 320 g/mol. The Hall–Kier alpha value is -2.90. The number of halogens is 3. The van der Waals surface area contributed by atoms with Gasteiger partial charge in [-0.2, -0.15) is 5.10 Å². The number of rotatable bonds is 3. The molecule has 23 heavy (non-hydrogen) atoms. The first-order valence-corrected chi connectivity index (χ1v) is 6.65. The van der Waals surface area contributed by atoms with Gasteiger partial charge < -0.3 is 5.73 Å². The van der Waals surface area contributed by atoms with Gasteiger partial charge in [0.05, 0.1) is 17.6 Å². The zero-order valence-electron chi connectivity index (χ0n) is 12.0. The third-order valence-electron chi connectivity index (χ3n) is 3.44. The Morgan fingerprint density at radius 1 is 1.26 bits per heavy atom. The van der Waals surface area contributed by atoms with E-state index in [2.05, 4.69) is 10.1 Å². The number of hydrogen-bond donors (Lipinski definition) is 1. The summed E-state index contributed by atoms with van der Waals surface area (Å²) in [6, 6.07) is 4.83. The van der Waals surface area contributed by atoms with Crippen LogP contribution in [0.15, 0.2) is 24.3 Å². The predicted octanol–water partition coefficient (Wildman–Crippen LogP) is 2.30. The SMILES string of the molecule is Cc1nc2c(cc1F)c(C(N)=O)nn2Cc1cccc(F)c1F. The normalized spacial score (nSPS) is 11.1. The van der Waals surface area contributed by atoms with Crippen molar-refractivity contribution in [3.05, 3.63) is 58.7 Å².